The zero-order chi connectivity index (χ0) is 7.56. The summed E-state index contributed by atoms with van der Waals surface area (Å²) in [5.74, 6) is 0.576. The maximum Gasteiger partial charge on any atom is 0.249 e. The Labute approximate surface area is 59.3 Å². The molecule has 1 N–H and O–H groups in total. The molecule has 0 radical (unpaired) electrons. The van der Waals surface area contributed by atoms with Crippen LogP contribution in [0.3, 0.4) is 0 Å². The fourth-order valence-corrected chi connectivity index (χ4v) is 0.781. The lowest BCUT2D eigenvalue weighted by Gasteiger charge is -1.95. The van der Waals surface area contributed by atoms with Crippen LogP contribution in [0, 0.1) is 0 Å². The zero-order valence-electron chi connectivity index (χ0n) is 6.05. The van der Waals surface area contributed by atoms with Gasteiger partial charge in [-0.2, -0.15) is 0 Å². The second-order valence-electron chi connectivity index (χ2n) is 2.17. The van der Waals surface area contributed by atoms with E-state index >= 15 is 0 Å². The van der Waals surface area contributed by atoms with E-state index in [1.54, 1.807) is 14.0 Å². The zero-order valence-corrected chi connectivity index (χ0v) is 6.05. The number of aliphatic imine (C=N–C) groups is 1. The molecule has 1 atom stereocenters. The lowest BCUT2D eigenvalue weighted by atomic mass is 10.4. The van der Waals surface area contributed by atoms with Gasteiger partial charge in [0, 0.05) is 7.11 Å². The fourth-order valence-electron chi connectivity index (χ4n) is 0.781. The minimum atomic E-state index is -0.245. The molecule has 4 nitrogen and oxygen atoms in total. The highest BCUT2D eigenvalue weighted by Crippen LogP contribution is 1.97. The molecule has 4 heteroatoms. The van der Waals surface area contributed by atoms with Crippen molar-refractivity contribution in [3.05, 3.63) is 0 Å². The van der Waals surface area contributed by atoms with Crippen LogP contribution in [0.15, 0.2) is 4.99 Å². The van der Waals surface area contributed by atoms with Crippen molar-refractivity contribution in [2.75, 3.05) is 13.7 Å². The molecule has 0 bridgehead atoms. The van der Waals surface area contributed by atoms with Crippen molar-refractivity contribution in [3.63, 3.8) is 0 Å². The summed E-state index contributed by atoms with van der Waals surface area (Å²) in [5.41, 5.74) is 0. The van der Waals surface area contributed by atoms with Crippen molar-refractivity contribution in [1.82, 2.24) is 5.32 Å². The van der Waals surface area contributed by atoms with Gasteiger partial charge in [0.2, 0.25) is 5.91 Å². The van der Waals surface area contributed by atoms with Gasteiger partial charge in [-0.3, -0.25) is 9.79 Å². The monoisotopic (exact) mass is 142 g/mol. The molecular formula is C6H10N2O2. The van der Waals surface area contributed by atoms with Gasteiger partial charge < -0.3 is 10.1 Å². The number of rotatable bonds is 2. The highest BCUT2D eigenvalue weighted by molar-refractivity contribution is 6.06. The Morgan fingerprint density at radius 3 is 2.90 bits per heavy atom. The van der Waals surface area contributed by atoms with Crippen LogP contribution in [0.2, 0.25) is 0 Å². The summed E-state index contributed by atoms with van der Waals surface area (Å²) >= 11 is 0. The largest absolute Gasteiger partial charge is 0.377 e. The van der Waals surface area contributed by atoms with Gasteiger partial charge in [-0.25, -0.2) is 0 Å². The van der Waals surface area contributed by atoms with E-state index in [1.165, 1.54) is 0 Å². The summed E-state index contributed by atoms with van der Waals surface area (Å²) in [5, 5.41) is 2.59. The number of hydrogen-bond acceptors (Lipinski definition) is 3. The summed E-state index contributed by atoms with van der Waals surface area (Å²) in [6, 6.07) is -0.245. The standard InChI is InChI=1S/C6H10N2O2/c1-4-6(9)8-5(7-4)3-10-2/h4H,3H2,1-2H3,(H,7,8,9). The van der Waals surface area contributed by atoms with Crippen molar-refractivity contribution in [3.8, 4) is 0 Å². The van der Waals surface area contributed by atoms with E-state index in [0.717, 1.165) is 0 Å². The molecule has 0 aromatic carbocycles. The van der Waals surface area contributed by atoms with Crippen LogP contribution >= 0.6 is 0 Å². The molecule has 1 rings (SSSR count). The molecule has 0 fully saturated rings. The molecule has 0 aromatic heterocycles. The second kappa shape index (κ2) is 2.79. The topological polar surface area (TPSA) is 50.7 Å². The number of methoxy groups -OCH3 is 1. The summed E-state index contributed by atoms with van der Waals surface area (Å²) in [6.45, 7) is 2.13. The molecular weight excluding hydrogens is 132 g/mol. The van der Waals surface area contributed by atoms with Gasteiger partial charge >= 0.3 is 0 Å². The molecule has 1 unspecified atom stereocenters. The third kappa shape index (κ3) is 1.33. The molecule has 1 amide bonds. The Bertz CT molecular complexity index is 177. The first kappa shape index (κ1) is 7.21. The van der Waals surface area contributed by atoms with Crippen molar-refractivity contribution in [2.45, 2.75) is 13.0 Å². The first-order chi connectivity index (χ1) is 4.74. The highest BCUT2D eigenvalue weighted by Gasteiger charge is 2.20. The number of nitrogens with one attached hydrogen (secondary N) is 1. The van der Waals surface area contributed by atoms with Crippen LogP contribution < -0.4 is 5.32 Å². The lowest BCUT2D eigenvalue weighted by Crippen LogP contribution is -2.29. The molecule has 0 spiro atoms. The number of carbonyl (C=O) groups excluding carboxylic acids is 1. The van der Waals surface area contributed by atoms with Gasteiger partial charge in [0.1, 0.15) is 18.5 Å². The van der Waals surface area contributed by atoms with Crippen molar-refractivity contribution < 1.29 is 9.53 Å². The Morgan fingerprint density at radius 1 is 1.80 bits per heavy atom. The predicted octanol–water partition coefficient (Wildman–Crippen LogP) is -0.450. The molecule has 0 aliphatic carbocycles. The number of nitrogens with zero attached hydrogens (tertiary/aromatic N) is 1. The SMILES string of the molecule is COCC1=NC(C)C(=O)N1. The number of amidine groups is 1. The van der Waals surface area contributed by atoms with E-state index in [0.29, 0.717) is 12.4 Å². The summed E-state index contributed by atoms with van der Waals surface area (Å²) in [4.78, 5) is 14.8. The highest BCUT2D eigenvalue weighted by atomic mass is 16.5. The maximum atomic E-state index is 10.8. The minimum absolute atomic E-state index is 0.0490. The van der Waals surface area contributed by atoms with Crippen LogP contribution in [-0.2, 0) is 9.53 Å². The number of ether oxygens (including phenoxy) is 1. The molecule has 0 saturated carbocycles. The Kier molecular flexibility index (Phi) is 2.01. The Hall–Kier alpha value is -0.900. The molecule has 1 aliphatic rings. The van der Waals surface area contributed by atoms with E-state index in [4.69, 9.17) is 4.74 Å². The first-order valence-electron chi connectivity index (χ1n) is 3.10. The molecule has 1 heterocycles. The van der Waals surface area contributed by atoms with Gasteiger partial charge in [-0.1, -0.05) is 0 Å². The molecule has 56 valence electrons. The number of hydrogen-bond donors (Lipinski definition) is 1. The summed E-state index contributed by atoms with van der Waals surface area (Å²) < 4.78 is 4.78. The second-order valence-corrected chi connectivity index (χ2v) is 2.17. The molecule has 1 aliphatic heterocycles. The van der Waals surface area contributed by atoms with Crippen molar-refractivity contribution >= 4 is 11.7 Å². The van der Waals surface area contributed by atoms with Crippen LogP contribution in [0.4, 0.5) is 0 Å². The quantitative estimate of drug-likeness (QED) is 0.567. The third-order valence-electron chi connectivity index (χ3n) is 1.28. The maximum absolute atomic E-state index is 10.8. The smallest absolute Gasteiger partial charge is 0.249 e. The van der Waals surface area contributed by atoms with Gasteiger partial charge in [0.25, 0.3) is 0 Å². The number of carbonyl (C=O) groups is 1. The van der Waals surface area contributed by atoms with Gasteiger partial charge in [-0.15, -0.1) is 0 Å². The molecule has 0 saturated heterocycles. The Morgan fingerprint density at radius 2 is 2.50 bits per heavy atom. The van der Waals surface area contributed by atoms with Gasteiger partial charge in [-0.05, 0) is 6.92 Å². The predicted molar refractivity (Wildman–Crippen MR) is 36.9 cm³/mol. The van der Waals surface area contributed by atoms with Gasteiger partial charge in [0.15, 0.2) is 0 Å². The average molecular weight is 142 g/mol. The van der Waals surface area contributed by atoms with Crippen molar-refractivity contribution in [2.24, 2.45) is 4.99 Å². The third-order valence-corrected chi connectivity index (χ3v) is 1.28. The first-order valence-corrected chi connectivity index (χ1v) is 3.10. The summed E-state index contributed by atoms with van der Waals surface area (Å²) in [7, 11) is 1.57. The van der Waals surface area contributed by atoms with Crippen LogP contribution in [0.5, 0.6) is 0 Å². The minimum Gasteiger partial charge on any atom is -0.377 e. The van der Waals surface area contributed by atoms with E-state index in [9.17, 15) is 4.79 Å². The van der Waals surface area contributed by atoms with E-state index in [-0.39, 0.29) is 11.9 Å². The fraction of sp³-hybridized carbons (Fsp3) is 0.667. The molecule has 0 aromatic rings. The van der Waals surface area contributed by atoms with Crippen LogP contribution in [0.1, 0.15) is 6.92 Å². The van der Waals surface area contributed by atoms with Gasteiger partial charge in [0.05, 0.1) is 0 Å². The Balaban J connectivity index is 2.50. The van der Waals surface area contributed by atoms with E-state index in [1.807, 2.05) is 0 Å². The van der Waals surface area contributed by atoms with Crippen molar-refractivity contribution in [1.29, 1.82) is 0 Å². The lowest BCUT2D eigenvalue weighted by molar-refractivity contribution is -0.119. The molecule has 10 heavy (non-hydrogen) atoms. The average Bonchev–Trinajstić information content (AvgIpc) is 2.14. The van der Waals surface area contributed by atoms with E-state index < -0.39 is 0 Å². The van der Waals surface area contributed by atoms with E-state index in [2.05, 4.69) is 10.3 Å². The normalized spacial score (nSPS) is 24.4. The summed E-state index contributed by atoms with van der Waals surface area (Å²) in [6.07, 6.45) is 0. The number of amides is 1. The van der Waals surface area contributed by atoms with Crippen LogP contribution in [0.25, 0.3) is 0 Å². The van der Waals surface area contributed by atoms with Crippen LogP contribution in [-0.4, -0.2) is 31.5 Å².